The summed E-state index contributed by atoms with van der Waals surface area (Å²) in [5.74, 6) is 1.05. The molecule has 33 heavy (non-hydrogen) atoms. The number of ether oxygens (including phenoxy) is 1. The quantitative estimate of drug-likeness (QED) is 0.325. The standard InChI is InChI=1S/C23H27BrN6O3/c1-25-22(32)20-12-26-23(29-21(20)27-17-6-4-5-15(24)11-17)28-16-7-9-19(10-8-16)33-14-18(31)13-30(2)3/h4-12,18,31H,13-14H2,1-3H3,(H,25,32)(H2,26,27,28,29). The maximum absolute atomic E-state index is 12.3. The third-order valence-corrected chi connectivity index (χ3v) is 4.97. The van der Waals surface area contributed by atoms with Gasteiger partial charge in [0, 0.05) is 35.6 Å². The van der Waals surface area contributed by atoms with Crippen molar-refractivity contribution < 1.29 is 14.6 Å². The number of carbonyl (C=O) groups excluding carboxylic acids is 1. The van der Waals surface area contributed by atoms with E-state index in [4.69, 9.17) is 4.74 Å². The first-order valence-electron chi connectivity index (χ1n) is 10.3. The number of hydrogen-bond acceptors (Lipinski definition) is 8. The lowest BCUT2D eigenvalue weighted by Gasteiger charge is -2.16. The van der Waals surface area contributed by atoms with Crippen molar-refractivity contribution in [2.75, 3.05) is 44.9 Å². The Bertz CT molecular complexity index is 1080. The average molecular weight is 515 g/mol. The van der Waals surface area contributed by atoms with Gasteiger partial charge in [-0.1, -0.05) is 22.0 Å². The van der Waals surface area contributed by atoms with Crippen LogP contribution in [-0.4, -0.2) is 66.3 Å². The zero-order valence-electron chi connectivity index (χ0n) is 18.7. The summed E-state index contributed by atoms with van der Waals surface area (Å²) in [5, 5.41) is 18.8. The fraction of sp³-hybridized carbons (Fsp3) is 0.261. The number of rotatable bonds is 10. The van der Waals surface area contributed by atoms with Crippen LogP contribution in [0.3, 0.4) is 0 Å². The molecule has 1 aromatic heterocycles. The Kier molecular flexibility index (Phi) is 8.58. The van der Waals surface area contributed by atoms with E-state index in [2.05, 4.69) is 41.8 Å². The van der Waals surface area contributed by atoms with Gasteiger partial charge in [-0.25, -0.2) is 4.98 Å². The van der Waals surface area contributed by atoms with E-state index in [1.807, 2.05) is 55.4 Å². The van der Waals surface area contributed by atoms with Gasteiger partial charge < -0.3 is 30.7 Å². The Morgan fingerprint density at radius 2 is 1.91 bits per heavy atom. The Balaban J connectivity index is 1.72. The van der Waals surface area contributed by atoms with Crippen molar-refractivity contribution in [2.45, 2.75) is 6.10 Å². The highest BCUT2D eigenvalue weighted by Crippen LogP contribution is 2.24. The van der Waals surface area contributed by atoms with Crippen molar-refractivity contribution >= 4 is 45.0 Å². The van der Waals surface area contributed by atoms with Gasteiger partial charge in [-0.15, -0.1) is 0 Å². The summed E-state index contributed by atoms with van der Waals surface area (Å²) in [6.45, 7) is 0.735. The summed E-state index contributed by atoms with van der Waals surface area (Å²) in [6, 6.07) is 14.8. The van der Waals surface area contributed by atoms with E-state index < -0.39 is 6.10 Å². The van der Waals surface area contributed by atoms with Gasteiger partial charge in [-0.3, -0.25) is 4.79 Å². The topological polar surface area (TPSA) is 112 Å². The van der Waals surface area contributed by atoms with Crippen molar-refractivity contribution in [1.82, 2.24) is 20.2 Å². The van der Waals surface area contributed by atoms with Crippen LogP contribution in [-0.2, 0) is 0 Å². The molecule has 10 heteroatoms. The zero-order valence-corrected chi connectivity index (χ0v) is 20.3. The average Bonchev–Trinajstić information content (AvgIpc) is 2.78. The highest BCUT2D eigenvalue weighted by molar-refractivity contribution is 9.10. The van der Waals surface area contributed by atoms with Gasteiger partial charge in [0.2, 0.25) is 5.95 Å². The molecule has 1 unspecified atom stereocenters. The van der Waals surface area contributed by atoms with Gasteiger partial charge in [0.05, 0.1) is 0 Å². The lowest BCUT2D eigenvalue weighted by molar-refractivity contribution is 0.0831. The monoisotopic (exact) mass is 514 g/mol. The van der Waals surface area contributed by atoms with Crippen molar-refractivity contribution in [1.29, 1.82) is 0 Å². The van der Waals surface area contributed by atoms with E-state index in [9.17, 15) is 9.90 Å². The third kappa shape index (κ3) is 7.41. The number of halogens is 1. The zero-order chi connectivity index (χ0) is 23.8. The number of aliphatic hydroxyl groups excluding tert-OH is 1. The maximum atomic E-state index is 12.3. The van der Waals surface area contributed by atoms with Crippen molar-refractivity contribution in [3.8, 4) is 5.75 Å². The summed E-state index contributed by atoms with van der Waals surface area (Å²) in [5.41, 5.74) is 1.84. The number of amides is 1. The molecule has 9 nitrogen and oxygen atoms in total. The molecule has 0 saturated heterocycles. The highest BCUT2D eigenvalue weighted by atomic mass is 79.9. The maximum Gasteiger partial charge on any atom is 0.256 e. The summed E-state index contributed by atoms with van der Waals surface area (Å²) in [7, 11) is 5.35. The van der Waals surface area contributed by atoms with E-state index in [1.54, 1.807) is 19.2 Å². The number of likely N-dealkylation sites (N-methyl/N-ethyl adjacent to an activating group) is 1. The van der Waals surface area contributed by atoms with Crippen LogP contribution >= 0.6 is 15.9 Å². The highest BCUT2D eigenvalue weighted by Gasteiger charge is 2.14. The Morgan fingerprint density at radius 1 is 1.15 bits per heavy atom. The molecular weight excluding hydrogens is 488 g/mol. The van der Waals surface area contributed by atoms with Gasteiger partial charge in [0.25, 0.3) is 5.91 Å². The molecule has 174 valence electrons. The molecule has 1 heterocycles. The molecule has 0 fully saturated rings. The molecule has 3 aromatic rings. The number of nitrogens with one attached hydrogen (secondary N) is 3. The normalized spacial score (nSPS) is 11.7. The first kappa shape index (κ1) is 24.4. The number of aromatic nitrogens is 2. The van der Waals surface area contributed by atoms with Crippen LogP contribution in [0, 0.1) is 0 Å². The minimum Gasteiger partial charge on any atom is -0.491 e. The second-order valence-corrected chi connectivity index (χ2v) is 8.46. The lowest BCUT2D eigenvalue weighted by atomic mass is 10.2. The van der Waals surface area contributed by atoms with E-state index in [0.29, 0.717) is 29.6 Å². The van der Waals surface area contributed by atoms with Crippen LogP contribution in [0.25, 0.3) is 0 Å². The third-order valence-electron chi connectivity index (χ3n) is 4.48. The van der Waals surface area contributed by atoms with Crippen molar-refractivity contribution in [3.63, 3.8) is 0 Å². The Morgan fingerprint density at radius 3 is 2.58 bits per heavy atom. The van der Waals surface area contributed by atoms with Crippen LogP contribution in [0.2, 0.25) is 0 Å². The van der Waals surface area contributed by atoms with Crippen LogP contribution in [0.4, 0.5) is 23.1 Å². The number of carbonyl (C=O) groups is 1. The van der Waals surface area contributed by atoms with Crippen LogP contribution in [0.1, 0.15) is 10.4 Å². The number of nitrogens with zero attached hydrogens (tertiary/aromatic N) is 3. The van der Waals surface area contributed by atoms with Crippen LogP contribution in [0.15, 0.2) is 59.2 Å². The van der Waals surface area contributed by atoms with Gasteiger partial charge in [-0.05, 0) is 56.6 Å². The molecule has 0 spiro atoms. The summed E-state index contributed by atoms with van der Waals surface area (Å²) in [4.78, 5) is 22.9. The SMILES string of the molecule is CNC(=O)c1cnc(Nc2ccc(OCC(O)CN(C)C)cc2)nc1Nc1cccc(Br)c1. The number of anilines is 4. The van der Waals surface area contributed by atoms with Gasteiger partial charge in [-0.2, -0.15) is 4.98 Å². The fourth-order valence-electron chi connectivity index (χ4n) is 2.97. The van der Waals surface area contributed by atoms with Gasteiger partial charge in [0.1, 0.15) is 29.8 Å². The second kappa shape index (κ2) is 11.6. The van der Waals surface area contributed by atoms with Crippen molar-refractivity contribution in [3.05, 3.63) is 64.8 Å². The van der Waals surface area contributed by atoms with E-state index >= 15 is 0 Å². The van der Waals surface area contributed by atoms with Gasteiger partial charge >= 0.3 is 0 Å². The van der Waals surface area contributed by atoms with E-state index in [1.165, 1.54) is 6.20 Å². The molecule has 0 radical (unpaired) electrons. The van der Waals surface area contributed by atoms with Crippen LogP contribution in [0.5, 0.6) is 5.75 Å². The number of hydrogen-bond donors (Lipinski definition) is 4. The predicted molar refractivity (Wildman–Crippen MR) is 133 cm³/mol. The predicted octanol–water partition coefficient (Wildman–Crippen LogP) is 3.39. The first-order valence-corrected chi connectivity index (χ1v) is 11.1. The molecule has 1 amide bonds. The van der Waals surface area contributed by atoms with Crippen molar-refractivity contribution in [2.24, 2.45) is 0 Å². The van der Waals surface area contributed by atoms with E-state index in [-0.39, 0.29) is 12.5 Å². The lowest BCUT2D eigenvalue weighted by Crippen LogP contribution is -2.30. The van der Waals surface area contributed by atoms with Gasteiger partial charge in [0.15, 0.2) is 0 Å². The fourth-order valence-corrected chi connectivity index (χ4v) is 3.37. The molecule has 3 rings (SSSR count). The summed E-state index contributed by atoms with van der Waals surface area (Å²) < 4.78 is 6.53. The second-order valence-electron chi connectivity index (χ2n) is 7.55. The Hall–Kier alpha value is -3.21. The van der Waals surface area contributed by atoms with E-state index in [0.717, 1.165) is 15.8 Å². The molecule has 0 bridgehead atoms. The molecule has 4 N–H and O–H groups in total. The summed E-state index contributed by atoms with van der Waals surface area (Å²) in [6.07, 6.45) is 0.902. The molecule has 2 aromatic carbocycles. The number of aliphatic hydroxyl groups is 1. The molecule has 0 aliphatic heterocycles. The Labute approximate surface area is 201 Å². The minimum atomic E-state index is -0.568. The number of benzene rings is 2. The molecule has 0 aliphatic rings. The largest absolute Gasteiger partial charge is 0.491 e. The first-order chi connectivity index (χ1) is 15.8. The molecule has 0 saturated carbocycles. The molecule has 0 aliphatic carbocycles. The van der Waals surface area contributed by atoms with Crippen LogP contribution < -0.4 is 20.7 Å². The molecular formula is C23H27BrN6O3. The molecule has 1 atom stereocenters. The summed E-state index contributed by atoms with van der Waals surface area (Å²) >= 11 is 3.44. The minimum absolute atomic E-state index is 0.208. The smallest absolute Gasteiger partial charge is 0.256 e.